The Morgan fingerprint density at radius 1 is 0.654 bits per heavy atom. The summed E-state index contributed by atoms with van der Waals surface area (Å²) in [5.41, 5.74) is 4.92. The average molecular weight is 342 g/mol. The molecule has 0 amide bonds. The first-order chi connectivity index (χ1) is 12.6. The Bertz CT molecular complexity index is 991. The van der Waals surface area contributed by atoms with Crippen molar-refractivity contribution < 1.29 is 0 Å². The summed E-state index contributed by atoms with van der Waals surface area (Å²) >= 11 is 0. The Balaban J connectivity index is 0.000000151. The zero-order valence-corrected chi connectivity index (χ0v) is 16.0. The zero-order chi connectivity index (χ0) is 18.5. The van der Waals surface area contributed by atoms with Crippen LogP contribution in [-0.4, -0.2) is 9.97 Å². The maximum absolute atomic E-state index is 4.32. The molecule has 0 fully saturated rings. The van der Waals surface area contributed by atoms with E-state index in [-0.39, 0.29) is 0 Å². The number of nitrogens with zero attached hydrogens (tertiary/aromatic N) is 2. The van der Waals surface area contributed by atoms with E-state index in [1.807, 2.05) is 24.5 Å². The molecule has 0 atom stereocenters. The molecule has 0 bridgehead atoms. The van der Waals surface area contributed by atoms with Gasteiger partial charge >= 0.3 is 0 Å². The summed E-state index contributed by atoms with van der Waals surface area (Å²) < 4.78 is 0. The fourth-order valence-electron chi connectivity index (χ4n) is 3.08. The molecule has 4 rings (SSSR count). The predicted octanol–water partition coefficient (Wildman–Crippen LogP) is 6.72. The highest BCUT2D eigenvalue weighted by molar-refractivity contribution is 5.82. The molecular formula is C24H26N2. The summed E-state index contributed by atoms with van der Waals surface area (Å²) in [6.45, 7) is 8.83. The van der Waals surface area contributed by atoms with Gasteiger partial charge in [-0.1, -0.05) is 58.0 Å². The van der Waals surface area contributed by atoms with E-state index in [0.29, 0.717) is 11.8 Å². The smallest absolute Gasteiger partial charge is 0.0704 e. The average Bonchev–Trinajstić information content (AvgIpc) is 2.67. The van der Waals surface area contributed by atoms with Crippen LogP contribution in [0.25, 0.3) is 21.8 Å². The zero-order valence-electron chi connectivity index (χ0n) is 16.0. The van der Waals surface area contributed by atoms with Gasteiger partial charge in [-0.05, 0) is 53.3 Å². The fourth-order valence-corrected chi connectivity index (χ4v) is 3.08. The van der Waals surface area contributed by atoms with Crippen molar-refractivity contribution >= 4 is 21.8 Å². The largest absolute Gasteiger partial charge is 0.256 e. The van der Waals surface area contributed by atoms with Crippen LogP contribution in [0.2, 0.25) is 0 Å². The monoisotopic (exact) mass is 342 g/mol. The summed E-state index contributed by atoms with van der Waals surface area (Å²) in [5, 5.41) is 2.51. The first kappa shape index (κ1) is 18.1. The number of fused-ring (bicyclic) bond motifs is 2. The summed E-state index contributed by atoms with van der Waals surface area (Å²) in [5.74, 6) is 1.15. The molecule has 2 heterocycles. The van der Waals surface area contributed by atoms with Gasteiger partial charge < -0.3 is 0 Å². The van der Waals surface area contributed by atoms with E-state index in [4.69, 9.17) is 0 Å². The minimum absolute atomic E-state index is 0.563. The van der Waals surface area contributed by atoms with Crippen molar-refractivity contribution in [2.24, 2.45) is 0 Å². The Labute approximate surface area is 155 Å². The lowest BCUT2D eigenvalue weighted by Gasteiger charge is -2.08. The Morgan fingerprint density at radius 2 is 1.38 bits per heavy atom. The number of rotatable bonds is 2. The van der Waals surface area contributed by atoms with Crippen LogP contribution in [0.4, 0.5) is 0 Å². The molecule has 0 aliphatic rings. The quantitative estimate of drug-likeness (QED) is 0.404. The molecule has 0 saturated heterocycles. The number of hydrogen-bond donors (Lipinski definition) is 0. The van der Waals surface area contributed by atoms with Crippen LogP contribution in [0.1, 0.15) is 50.7 Å². The Kier molecular flexibility index (Phi) is 5.62. The lowest BCUT2D eigenvalue weighted by atomic mass is 9.98. The third-order valence-corrected chi connectivity index (χ3v) is 4.60. The van der Waals surface area contributed by atoms with Crippen LogP contribution in [0.5, 0.6) is 0 Å². The molecule has 0 aliphatic heterocycles. The molecule has 132 valence electrons. The maximum Gasteiger partial charge on any atom is 0.0704 e. The second kappa shape index (κ2) is 8.09. The topological polar surface area (TPSA) is 25.8 Å². The van der Waals surface area contributed by atoms with Crippen molar-refractivity contribution in [3.05, 3.63) is 84.2 Å². The van der Waals surface area contributed by atoms with E-state index in [1.54, 1.807) is 0 Å². The molecule has 0 spiro atoms. The summed E-state index contributed by atoms with van der Waals surface area (Å²) in [6, 6.07) is 21.0. The summed E-state index contributed by atoms with van der Waals surface area (Å²) in [6.07, 6.45) is 3.67. The van der Waals surface area contributed by atoms with E-state index in [0.717, 1.165) is 11.0 Å². The minimum atomic E-state index is 0.563. The van der Waals surface area contributed by atoms with E-state index in [9.17, 15) is 0 Å². The molecule has 2 aromatic carbocycles. The summed E-state index contributed by atoms with van der Waals surface area (Å²) in [7, 11) is 0. The van der Waals surface area contributed by atoms with Gasteiger partial charge in [-0.25, -0.2) is 0 Å². The molecule has 0 N–H and O–H groups in total. The van der Waals surface area contributed by atoms with Crippen molar-refractivity contribution in [3.63, 3.8) is 0 Å². The molecule has 2 heteroatoms. The number of pyridine rings is 2. The SMILES string of the molecule is CC(C)c1ccc2ncccc2c1.CC(C)c1cccc2ncccc12. The van der Waals surface area contributed by atoms with Crippen LogP contribution in [0, 0.1) is 0 Å². The molecule has 0 saturated carbocycles. The molecule has 0 radical (unpaired) electrons. The number of benzene rings is 2. The van der Waals surface area contributed by atoms with Crippen molar-refractivity contribution in [1.82, 2.24) is 9.97 Å². The van der Waals surface area contributed by atoms with Crippen LogP contribution in [0.15, 0.2) is 73.1 Å². The third kappa shape index (κ3) is 4.08. The van der Waals surface area contributed by atoms with Crippen molar-refractivity contribution in [1.29, 1.82) is 0 Å². The lowest BCUT2D eigenvalue weighted by molar-refractivity contribution is 0.868. The Hall–Kier alpha value is -2.74. The van der Waals surface area contributed by atoms with E-state index >= 15 is 0 Å². The van der Waals surface area contributed by atoms with Crippen LogP contribution in [0.3, 0.4) is 0 Å². The van der Waals surface area contributed by atoms with Crippen LogP contribution >= 0.6 is 0 Å². The molecule has 0 unspecified atom stereocenters. The standard InChI is InChI=1S/2C12H13N/c1-9(2)10-5-3-7-12-11(10)6-4-8-13-12;1-9(2)10-5-6-12-11(8-10)4-3-7-13-12/h2*3-9H,1-2H3. The van der Waals surface area contributed by atoms with Gasteiger partial charge in [-0.3, -0.25) is 9.97 Å². The minimum Gasteiger partial charge on any atom is -0.256 e. The first-order valence-corrected chi connectivity index (χ1v) is 9.24. The highest BCUT2D eigenvalue weighted by Crippen LogP contribution is 2.23. The molecule has 2 aromatic heterocycles. The molecule has 4 aromatic rings. The van der Waals surface area contributed by atoms with Gasteiger partial charge in [0.05, 0.1) is 11.0 Å². The van der Waals surface area contributed by atoms with E-state index in [2.05, 4.69) is 86.2 Å². The fraction of sp³-hybridized carbons (Fsp3) is 0.250. The summed E-state index contributed by atoms with van der Waals surface area (Å²) in [4.78, 5) is 8.61. The third-order valence-electron chi connectivity index (χ3n) is 4.60. The molecule has 0 aliphatic carbocycles. The Morgan fingerprint density at radius 3 is 2.12 bits per heavy atom. The van der Waals surface area contributed by atoms with Gasteiger partial charge in [-0.15, -0.1) is 0 Å². The van der Waals surface area contributed by atoms with Crippen molar-refractivity contribution in [2.75, 3.05) is 0 Å². The van der Waals surface area contributed by atoms with Crippen LogP contribution < -0.4 is 0 Å². The number of hydrogen-bond acceptors (Lipinski definition) is 2. The highest BCUT2D eigenvalue weighted by Gasteiger charge is 2.03. The molecular weight excluding hydrogens is 316 g/mol. The molecule has 26 heavy (non-hydrogen) atoms. The van der Waals surface area contributed by atoms with E-state index < -0.39 is 0 Å². The second-order valence-corrected chi connectivity index (χ2v) is 7.18. The lowest BCUT2D eigenvalue weighted by Crippen LogP contribution is -1.89. The normalized spacial score (nSPS) is 11.0. The predicted molar refractivity (Wildman–Crippen MR) is 112 cm³/mol. The van der Waals surface area contributed by atoms with Crippen LogP contribution in [-0.2, 0) is 0 Å². The molecule has 2 nitrogen and oxygen atoms in total. The van der Waals surface area contributed by atoms with Gasteiger partial charge in [0, 0.05) is 23.2 Å². The second-order valence-electron chi connectivity index (χ2n) is 7.18. The van der Waals surface area contributed by atoms with Gasteiger partial charge in [0.15, 0.2) is 0 Å². The highest BCUT2D eigenvalue weighted by atomic mass is 14.6. The van der Waals surface area contributed by atoms with Gasteiger partial charge in [0.2, 0.25) is 0 Å². The van der Waals surface area contributed by atoms with Crippen molar-refractivity contribution in [2.45, 2.75) is 39.5 Å². The first-order valence-electron chi connectivity index (χ1n) is 9.24. The van der Waals surface area contributed by atoms with Gasteiger partial charge in [0.1, 0.15) is 0 Å². The van der Waals surface area contributed by atoms with E-state index in [1.165, 1.54) is 21.9 Å². The number of aromatic nitrogens is 2. The maximum atomic E-state index is 4.32. The van der Waals surface area contributed by atoms with Crippen molar-refractivity contribution in [3.8, 4) is 0 Å². The van der Waals surface area contributed by atoms with Gasteiger partial charge in [0.25, 0.3) is 0 Å². The van der Waals surface area contributed by atoms with Gasteiger partial charge in [-0.2, -0.15) is 0 Å².